The molecule has 2 aromatic carbocycles. The van der Waals surface area contributed by atoms with Crippen LogP contribution >= 0.6 is 11.6 Å². The molecule has 1 amide bonds. The van der Waals surface area contributed by atoms with Crippen molar-refractivity contribution >= 4 is 23.2 Å². The molecule has 1 aliphatic heterocycles. The number of nitrogens with zero attached hydrogens (tertiary/aromatic N) is 4. The number of carbonyl (C=O) groups excluding carboxylic acids is 1. The van der Waals surface area contributed by atoms with Crippen molar-refractivity contribution in [2.24, 2.45) is 0 Å². The van der Waals surface area contributed by atoms with Gasteiger partial charge in [0, 0.05) is 36.9 Å². The zero-order chi connectivity index (χ0) is 21.3. The van der Waals surface area contributed by atoms with Crippen LogP contribution in [0.3, 0.4) is 0 Å². The number of hydrogen-bond acceptors (Lipinski definition) is 3. The van der Waals surface area contributed by atoms with Gasteiger partial charge in [-0.05, 0) is 48.4 Å². The molecule has 2 heterocycles. The Labute approximate surface area is 180 Å². The lowest BCUT2D eigenvalue weighted by Crippen LogP contribution is -2.49. The van der Waals surface area contributed by atoms with Gasteiger partial charge in [-0.3, -0.25) is 4.79 Å². The summed E-state index contributed by atoms with van der Waals surface area (Å²) in [6.45, 7) is 6.81. The topological polar surface area (TPSA) is 41.4 Å². The fourth-order valence-corrected chi connectivity index (χ4v) is 4.06. The molecule has 0 unspecified atom stereocenters. The van der Waals surface area contributed by atoms with Gasteiger partial charge in [-0.25, -0.2) is 9.07 Å². The van der Waals surface area contributed by atoms with Crippen molar-refractivity contribution in [1.29, 1.82) is 0 Å². The molecule has 0 radical (unpaired) electrons. The summed E-state index contributed by atoms with van der Waals surface area (Å²) in [5, 5.41) is 5.16. The fraction of sp³-hybridized carbons (Fsp3) is 0.304. The molecule has 156 valence electrons. The first kappa shape index (κ1) is 20.4. The van der Waals surface area contributed by atoms with Gasteiger partial charge >= 0.3 is 0 Å². The molecule has 0 bridgehead atoms. The smallest absolute Gasteiger partial charge is 0.257 e. The molecule has 1 saturated heterocycles. The largest absolute Gasteiger partial charge is 0.368 e. The van der Waals surface area contributed by atoms with Crippen LogP contribution in [0.4, 0.5) is 10.1 Å². The first-order chi connectivity index (χ1) is 14.4. The summed E-state index contributed by atoms with van der Waals surface area (Å²) in [4.78, 5) is 17.4. The molecule has 7 heteroatoms. The summed E-state index contributed by atoms with van der Waals surface area (Å²) in [5.74, 6) is -0.229. The van der Waals surface area contributed by atoms with Crippen LogP contribution in [-0.4, -0.2) is 46.8 Å². The molecule has 0 saturated carbocycles. The molecule has 0 aliphatic carbocycles. The van der Waals surface area contributed by atoms with Crippen molar-refractivity contribution in [3.8, 4) is 5.69 Å². The Kier molecular flexibility index (Phi) is 5.77. The second kappa shape index (κ2) is 8.48. The molecule has 5 nitrogen and oxygen atoms in total. The van der Waals surface area contributed by atoms with Crippen LogP contribution in [0.15, 0.2) is 54.7 Å². The van der Waals surface area contributed by atoms with E-state index in [1.807, 2.05) is 43.0 Å². The highest BCUT2D eigenvalue weighted by atomic mass is 35.5. The van der Waals surface area contributed by atoms with Gasteiger partial charge < -0.3 is 9.80 Å². The number of rotatable bonds is 4. The van der Waals surface area contributed by atoms with Gasteiger partial charge in [0.25, 0.3) is 5.91 Å². The van der Waals surface area contributed by atoms with Crippen LogP contribution in [0.1, 0.15) is 35.8 Å². The van der Waals surface area contributed by atoms with Gasteiger partial charge in [0.15, 0.2) is 0 Å². The maximum Gasteiger partial charge on any atom is 0.257 e. The quantitative estimate of drug-likeness (QED) is 0.604. The molecule has 0 spiro atoms. The number of amides is 1. The summed E-state index contributed by atoms with van der Waals surface area (Å²) in [7, 11) is 0. The van der Waals surface area contributed by atoms with Gasteiger partial charge in [0.2, 0.25) is 0 Å². The first-order valence-corrected chi connectivity index (χ1v) is 10.5. The minimum Gasteiger partial charge on any atom is -0.368 e. The Hall–Kier alpha value is -2.86. The Bertz CT molecular complexity index is 1040. The normalized spacial score (nSPS) is 14.4. The van der Waals surface area contributed by atoms with Crippen molar-refractivity contribution in [2.75, 3.05) is 31.1 Å². The number of benzene rings is 2. The Morgan fingerprint density at radius 1 is 1.03 bits per heavy atom. The lowest BCUT2D eigenvalue weighted by Gasteiger charge is -2.36. The van der Waals surface area contributed by atoms with Crippen molar-refractivity contribution < 1.29 is 9.18 Å². The van der Waals surface area contributed by atoms with E-state index in [9.17, 15) is 9.18 Å². The fourth-order valence-electron chi connectivity index (χ4n) is 3.88. The van der Waals surface area contributed by atoms with Crippen molar-refractivity contribution in [2.45, 2.75) is 19.8 Å². The minimum absolute atomic E-state index is 0.0159. The van der Waals surface area contributed by atoms with E-state index in [-0.39, 0.29) is 17.6 Å². The van der Waals surface area contributed by atoms with Gasteiger partial charge in [-0.15, -0.1) is 0 Å². The van der Waals surface area contributed by atoms with Crippen molar-refractivity contribution in [3.63, 3.8) is 0 Å². The second-order valence-corrected chi connectivity index (χ2v) is 8.18. The Morgan fingerprint density at radius 3 is 2.37 bits per heavy atom. The maximum absolute atomic E-state index is 13.3. The lowest BCUT2D eigenvalue weighted by atomic mass is 10.0. The third-order valence-corrected chi connectivity index (χ3v) is 5.63. The van der Waals surface area contributed by atoms with Gasteiger partial charge in [0.05, 0.1) is 23.1 Å². The zero-order valence-corrected chi connectivity index (χ0v) is 17.8. The first-order valence-electron chi connectivity index (χ1n) is 10.1. The highest BCUT2D eigenvalue weighted by molar-refractivity contribution is 6.30. The summed E-state index contributed by atoms with van der Waals surface area (Å²) >= 11 is 6.11. The third-order valence-electron chi connectivity index (χ3n) is 5.40. The van der Waals surface area contributed by atoms with Crippen molar-refractivity contribution in [1.82, 2.24) is 14.7 Å². The molecular weight excluding hydrogens is 403 g/mol. The van der Waals surface area contributed by atoms with E-state index in [4.69, 9.17) is 11.6 Å². The summed E-state index contributed by atoms with van der Waals surface area (Å²) < 4.78 is 15.0. The molecule has 3 aromatic rings. The van der Waals surface area contributed by atoms with E-state index in [1.54, 1.807) is 23.0 Å². The monoisotopic (exact) mass is 426 g/mol. The predicted octanol–water partition coefficient (Wildman–Crippen LogP) is 4.75. The van der Waals surface area contributed by atoms with E-state index >= 15 is 0 Å². The van der Waals surface area contributed by atoms with Gasteiger partial charge in [-0.2, -0.15) is 5.10 Å². The SMILES string of the molecule is CC(C)c1c(C(=O)N2CCN(c3cccc(Cl)c3)CC2)cnn1-c1ccc(F)cc1. The zero-order valence-electron chi connectivity index (χ0n) is 17.1. The average molecular weight is 427 g/mol. The molecule has 0 N–H and O–H groups in total. The molecule has 30 heavy (non-hydrogen) atoms. The third kappa shape index (κ3) is 4.05. The van der Waals surface area contributed by atoms with Crippen LogP contribution < -0.4 is 4.90 Å². The highest BCUT2D eigenvalue weighted by Gasteiger charge is 2.27. The molecule has 1 aromatic heterocycles. The van der Waals surface area contributed by atoms with E-state index in [0.717, 1.165) is 30.2 Å². The number of hydrogen-bond donors (Lipinski definition) is 0. The van der Waals surface area contributed by atoms with E-state index in [0.29, 0.717) is 23.7 Å². The Balaban J connectivity index is 1.53. The van der Waals surface area contributed by atoms with Crippen LogP contribution in [0.2, 0.25) is 5.02 Å². The number of anilines is 1. The minimum atomic E-state index is -0.300. The molecular formula is C23H24ClFN4O. The number of aromatic nitrogens is 2. The van der Waals surface area contributed by atoms with Crippen LogP contribution in [-0.2, 0) is 0 Å². The molecule has 1 aliphatic rings. The summed E-state index contributed by atoms with van der Waals surface area (Å²) in [5.41, 5.74) is 3.25. The maximum atomic E-state index is 13.3. The Morgan fingerprint density at radius 2 is 1.73 bits per heavy atom. The summed E-state index contributed by atoms with van der Waals surface area (Å²) in [6.07, 6.45) is 1.63. The van der Waals surface area contributed by atoms with Gasteiger partial charge in [-0.1, -0.05) is 31.5 Å². The standard InChI is InChI=1S/C23H24ClFN4O/c1-16(2)22-21(15-26-29(22)19-8-6-18(25)7-9-19)23(30)28-12-10-27(11-13-28)20-5-3-4-17(24)14-20/h3-9,14-16H,10-13H2,1-2H3. The van der Waals surface area contributed by atoms with Crippen LogP contribution in [0.5, 0.6) is 0 Å². The average Bonchev–Trinajstić information content (AvgIpc) is 3.19. The van der Waals surface area contributed by atoms with Crippen LogP contribution in [0, 0.1) is 5.82 Å². The van der Waals surface area contributed by atoms with E-state index in [2.05, 4.69) is 10.00 Å². The number of piperazine rings is 1. The molecule has 0 atom stereocenters. The van der Waals surface area contributed by atoms with E-state index in [1.165, 1.54) is 12.1 Å². The predicted molar refractivity (Wildman–Crippen MR) is 117 cm³/mol. The summed E-state index contributed by atoms with van der Waals surface area (Å²) in [6, 6.07) is 13.9. The number of carbonyl (C=O) groups is 1. The van der Waals surface area contributed by atoms with E-state index < -0.39 is 0 Å². The molecule has 4 rings (SSSR count). The highest BCUT2D eigenvalue weighted by Crippen LogP contribution is 2.26. The second-order valence-electron chi connectivity index (χ2n) is 7.75. The number of halogens is 2. The van der Waals surface area contributed by atoms with Gasteiger partial charge in [0.1, 0.15) is 5.82 Å². The van der Waals surface area contributed by atoms with Crippen LogP contribution in [0.25, 0.3) is 5.69 Å². The van der Waals surface area contributed by atoms with Crippen molar-refractivity contribution in [3.05, 3.63) is 76.8 Å². The lowest BCUT2D eigenvalue weighted by molar-refractivity contribution is 0.0745. The molecule has 1 fully saturated rings.